The lowest BCUT2D eigenvalue weighted by atomic mass is 10.1. The largest absolute Gasteiger partial charge is 0.370 e. The quantitative estimate of drug-likeness (QED) is 0.470. The SMILES string of the molecule is c1ccc(CNc2cc(NCCc3c[nH]c4ccccc34)ncn2)cc1. The molecule has 4 aromatic rings. The Balaban J connectivity index is 1.33. The number of hydrogen-bond acceptors (Lipinski definition) is 4. The van der Waals surface area contributed by atoms with E-state index in [1.165, 1.54) is 22.0 Å². The number of fused-ring (bicyclic) bond motifs is 1. The first-order valence-electron chi connectivity index (χ1n) is 8.77. The van der Waals surface area contributed by atoms with Gasteiger partial charge in [0, 0.05) is 36.3 Å². The maximum absolute atomic E-state index is 4.31. The Bertz CT molecular complexity index is 978. The summed E-state index contributed by atoms with van der Waals surface area (Å²) in [6.45, 7) is 1.56. The highest BCUT2D eigenvalue weighted by Crippen LogP contribution is 2.18. The highest BCUT2D eigenvalue weighted by atomic mass is 15.1. The fraction of sp³-hybridized carbons (Fsp3) is 0.143. The second-order valence-electron chi connectivity index (χ2n) is 6.16. The summed E-state index contributed by atoms with van der Waals surface area (Å²) in [4.78, 5) is 11.9. The molecule has 0 amide bonds. The highest BCUT2D eigenvalue weighted by molar-refractivity contribution is 5.83. The zero-order chi connectivity index (χ0) is 17.6. The summed E-state index contributed by atoms with van der Waals surface area (Å²) in [5, 5.41) is 7.99. The molecular weight excluding hydrogens is 322 g/mol. The number of hydrogen-bond donors (Lipinski definition) is 3. The molecule has 5 heteroatoms. The third-order valence-corrected chi connectivity index (χ3v) is 4.36. The van der Waals surface area contributed by atoms with Gasteiger partial charge in [0.05, 0.1) is 0 Å². The maximum Gasteiger partial charge on any atom is 0.131 e. The van der Waals surface area contributed by atoms with Crippen LogP contribution >= 0.6 is 0 Å². The number of H-pyrrole nitrogens is 1. The lowest BCUT2D eigenvalue weighted by molar-refractivity contribution is 1.00. The lowest BCUT2D eigenvalue weighted by Gasteiger charge is -2.08. The van der Waals surface area contributed by atoms with Crippen molar-refractivity contribution in [1.82, 2.24) is 15.0 Å². The molecule has 0 saturated heterocycles. The molecule has 0 unspecified atom stereocenters. The molecule has 0 radical (unpaired) electrons. The first kappa shape index (κ1) is 16.1. The number of benzene rings is 2. The molecule has 0 aliphatic rings. The minimum atomic E-state index is 0.743. The summed E-state index contributed by atoms with van der Waals surface area (Å²) in [6.07, 6.45) is 4.60. The standard InChI is InChI=1S/C21H21N5/c1-2-6-16(7-3-1)13-24-21-12-20(25-15-26-21)22-11-10-17-14-23-19-9-5-4-8-18(17)19/h1-9,12,14-15,23H,10-11,13H2,(H2,22,24,25,26). The van der Waals surface area contributed by atoms with Crippen molar-refractivity contribution in [2.24, 2.45) is 0 Å². The topological polar surface area (TPSA) is 65.6 Å². The Morgan fingerprint density at radius 2 is 1.62 bits per heavy atom. The van der Waals surface area contributed by atoms with Crippen molar-refractivity contribution in [2.45, 2.75) is 13.0 Å². The minimum Gasteiger partial charge on any atom is -0.370 e. The van der Waals surface area contributed by atoms with Crippen molar-refractivity contribution >= 4 is 22.5 Å². The van der Waals surface area contributed by atoms with Crippen LogP contribution in [0.1, 0.15) is 11.1 Å². The van der Waals surface area contributed by atoms with E-state index in [2.05, 4.69) is 62.1 Å². The van der Waals surface area contributed by atoms with Gasteiger partial charge in [-0.3, -0.25) is 0 Å². The van der Waals surface area contributed by atoms with Gasteiger partial charge in [0.2, 0.25) is 0 Å². The molecule has 0 atom stereocenters. The summed E-state index contributed by atoms with van der Waals surface area (Å²) in [5.74, 6) is 1.65. The fourth-order valence-corrected chi connectivity index (χ4v) is 3.00. The Kier molecular flexibility index (Phi) is 4.78. The minimum absolute atomic E-state index is 0.743. The van der Waals surface area contributed by atoms with Crippen LogP contribution in [-0.2, 0) is 13.0 Å². The maximum atomic E-state index is 4.31. The van der Waals surface area contributed by atoms with E-state index in [1.54, 1.807) is 6.33 Å². The van der Waals surface area contributed by atoms with E-state index in [1.807, 2.05) is 30.3 Å². The number of nitrogens with one attached hydrogen (secondary N) is 3. The van der Waals surface area contributed by atoms with Gasteiger partial charge < -0.3 is 15.6 Å². The van der Waals surface area contributed by atoms with E-state index >= 15 is 0 Å². The second kappa shape index (κ2) is 7.70. The molecule has 26 heavy (non-hydrogen) atoms. The van der Waals surface area contributed by atoms with Crippen molar-refractivity contribution in [3.05, 3.63) is 84.3 Å². The molecule has 2 aromatic carbocycles. The van der Waals surface area contributed by atoms with Crippen LogP contribution in [0.4, 0.5) is 11.6 Å². The molecule has 5 nitrogen and oxygen atoms in total. The first-order chi connectivity index (χ1) is 12.9. The monoisotopic (exact) mass is 343 g/mol. The Labute approximate surface area is 152 Å². The van der Waals surface area contributed by atoms with Crippen LogP contribution in [-0.4, -0.2) is 21.5 Å². The molecule has 0 bridgehead atoms. The van der Waals surface area contributed by atoms with Crippen molar-refractivity contribution < 1.29 is 0 Å². The van der Waals surface area contributed by atoms with E-state index in [0.717, 1.165) is 31.1 Å². The number of para-hydroxylation sites is 1. The van der Waals surface area contributed by atoms with Crippen LogP contribution in [0.5, 0.6) is 0 Å². The number of nitrogens with zero attached hydrogens (tertiary/aromatic N) is 2. The molecule has 2 heterocycles. The third kappa shape index (κ3) is 3.83. The predicted molar refractivity (Wildman–Crippen MR) is 106 cm³/mol. The van der Waals surface area contributed by atoms with Crippen LogP contribution in [0.15, 0.2) is 73.2 Å². The van der Waals surface area contributed by atoms with Gasteiger partial charge in [-0.1, -0.05) is 48.5 Å². The van der Waals surface area contributed by atoms with Crippen molar-refractivity contribution in [2.75, 3.05) is 17.2 Å². The number of aromatic amines is 1. The summed E-state index contributed by atoms with van der Waals surface area (Å²) in [5.41, 5.74) is 3.71. The van der Waals surface area contributed by atoms with Crippen LogP contribution in [0.3, 0.4) is 0 Å². The molecule has 3 N–H and O–H groups in total. The van der Waals surface area contributed by atoms with Crippen molar-refractivity contribution in [3.8, 4) is 0 Å². The van der Waals surface area contributed by atoms with E-state index in [4.69, 9.17) is 0 Å². The zero-order valence-corrected chi connectivity index (χ0v) is 14.4. The number of rotatable bonds is 7. The molecular formula is C21H21N5. The molecule has 0 aliphatic heterocycles. The van der Waals surface area contributed by atoms with Crippen LogP contribution in [0.25, 0.3) is 10.9 Å². The third-order valence-electron chi connectivity index (χ3n) is 4.36. The summed E-state index contributed by atoms with van der Waals surface area (Å²) in [6, 6.07) is 20.6. The van der Waals surface area contributed by atoms with Gasteiger partial charge >= 0.3 is 0 Å². The van der Waals surface area contributed by atoms with Crippen LogP contribution < -0.4 is 10.6 Å². The van der Waals surface area contributed by atoms with E-state index < -0.39 is 0 Å². The smallest absolute Gasteiger partial charge is 0.131 e. The van der Waals surface area contributed by atoms with Crippen molar-refractivity contribution in [3.63, 3.8) is 0 Å². The normalized spacial score (nSPS) is 10.8. The summed E-state index contributed by atoms with van der Waals surface area (Å²) in [7, 11) is 0. The van der Waals surface area contributed by atoms with Gasteiger partial charge in [0.15, 0.2) is 0 Å². The van der Waals surface area contributed by atoms with E-state index in [-0.39, 0.29) is 0 Å². The molecule has 0 saturated carbocycles. The van der Waals surface area contributed by atoms with Gasteiger partial charge in [-0.05, 0) is 23.6 Å². The number of aromatic nitrogens is 3. The summed E-state index contributed by atoms with van der Waals surface area (Å²) < 4.78 is 0. The van der Waals surface area contributed by atoms with E-state index in [0.29, 0.717) is 0 Å². The molecule has 4 rings (SSSR count). The Morgan fingerprint density at radius 1 is 0.846 bits per heavy atom. The Morgan fingerprint density at radius 3 is 2.50 bits per heavy atom. The first-order valence-corrected chi connectivity index (χ1v) is 8.77. The zero-order valence-electron chi connectivity index (χ0n) is 14.4. The van der Waals surface area contributed by atoms with Gasteiger partial charge in [0.1, 0.15) is 18.0 Å². The predicted octanol–water partition coefficient (Wildman–Crippen LogP) is 4.22. The van der Waals surface area contributed by atoms with Crippen LogP contribution in [0, 0.1) is 0 Å². The lowest BCUT2D eigenvalue weighted by Crippen LogP contribution is -2.08. The van der Waals surface area contributed by atoms with Gasteiger partial charge in [-0.2, -0.15) is 0 Å². The molecule has 130 valence electrons. The highest BCUT2D eigenvalue weighted by Gasteiger charge is 2.03. The van der Waals surface area contributed by atoms with Gasteiger partial charge in [-0.15, -0.1) is 0 Å². The fourth-order valence-electron chi connectivity index (χ4n) is 3.00. The van der Waals surface area contributed by atoms with Crippen LogP contribution in [0.2, 0.25) is 0 Å². The van der Waals surface area contributed by atoms with Gasteiger partial charge in [0.25, 0.3) is 0 Å². The van der Waals surface area contributed by atoms with Crippen molar-refractivity contribution in [1.29, 1.82) is 0 Å². The molecule has 0 aliphatic carbocycles. The summed E-state index contributed by atoms with van der Waals surface area (Å²) >= 11 is 0. The average Bonchev–Trinajstić information content (AvgIpc) is 3.11. The molecule has 2 aromatic heterocycles. The Hall–Kier alpha value is -3.34. The second-order valence-corrected chi connectivity index (χ2v) is 6.16. The molecule has 0 spiro atoms. The van der Waals surface area contributed by atoms with E-state index in [9.17, 15) is 0 Å². The molecule has 0 fully saturated rings. The average molecular weight is 343 g/mol. The number of anilines is 2. The van der Waals surface area contributed by atoms with Gasteiger partial charge in [-0.25, -0.2) is 9.97 Å².